The van der Waals surface area contributed by atoms with Crippen LogP contribution in [0.4, 0.5) is 0 Å². The third-order valence-corrected chi connectivity index (χ3v) is 4.69. The lowest BCUT2D eigenvalue weighted by Gasteiger charge is -2.23. The molecule has 0 heterocycles. The van der Waals surface area contributed by atoms with E-state index in [4.69, 9.17) is 11.6 Å². The Balaban J connectivity index is 2.47. The minimum absolute atomic E-state index is 0.405. The van der Waals surface area contributed by atoms with Crippen LogP contribution in [0.1, 0.15) is 40.5 Å². The lowest BCUT2D eigenvalue weighted by molar-refractivity contribution is 0.340. The molecule has 0 aliphatic rings. The number of hydrogen-bond donors (Lipinski definition) is 1. The summed E-state index contributed by atoms with van der Waals surface area (Å²) in [6, 6.07) is 8.64. The van der Waals surface area contributed by atoms with Crippen molar-refractivity contribution >= 4 is 23.4 Å². The lowest BCUT2D eigenvalue weighted by atomic mass is 9.89. The molecule has 0 radical (unpaired) electrons. The molecule has 19 heavy (non-hydrogen) atoms. The molecule has 0 bridgehead atoms. The largest absolute Gasteiger partial charge is 0.313 e. The lowest BCUT2D eigenvalue weighted by Crippen LogP contribution is -2.32. The molecule has 0 aromatic heterocycles. The number of rotatable bonds is 7. The molecule has 0 saturated carbocycles. The number of hydrogen-bond acceptors (Lipinski definition) is 2. The minimum Gasteiger partial charge on any atom is -0.313 e. The van der Waals surface area contributed by atoms with Crippen LogP contribution in [0.3, 0.4) is 0 Å². The van der Waals surface area contributed by atoms with Gasteiger partial charge in [0, 0.05) is 16.7 Å². The molecule has 0 fully saturated rings. The van der Waals surface area contributed by atoms with Crippen molar-refractivity contribution in [2.45, 2.75) is 51.5 Å². The van der Waals surface area contributed by atoms with Gasteiger partial charge in [0.25, 0.3) is 0 Å². The maximum absolute atomic E-state index is 6.19. The van der Waals surface area contributed by atoms with Gasteiger partial charge in [-0.3, -0.25) is 0 Å². The average Bonchev–Trinajstić information content (AvgIpc) is 2.33. The summed E-state index contributed by atoms with van der Waals surface area (Å²) in [6.45, 7) is 10.1. The van der Waals surface area contributed by atoms with E-state index in [-0.39, 0.29) is 0 Å². The normalized spacial score (nSPS) is 13.5. The molecule has 1 aromatic carbocycles. The predicted molar refractivity (Wildman–Crippen MR) is 88.3 cm³/mol. The monoisotopic (exact) mass is 299 g/mol. The zero-order valence-corrected chi connectivity index (χ0v) is 14.1. The molecule has 0 aliphatic heterocycles. The summed E-state index contributed by atoms with van der Waals surface area (Å²) in [4.78, 5) is 1.18. The fourth-order valence-corrected chi connectivity index (χ4v) is 3.24. The standard InChI is InChI=1S/C16H26ClNS/c1-5-18-13(10-11-16(2,3)4)12-19-15-9-7-6-8-14(15)17/h6-9,13,18H,5,10-12H2,1-4H3. The Morgan fingerprint density at radius 3 is 2.53 bits per heavy atom. The number of benzene rings is 1. The van der Waals surface area contributed by atoms with Gasteiger partial charge in [-0.2, -0.15) is 0 Å². The molecule has 3 heteroatoms. The van der Waals surface area contributed by atoms with Gasteiger partial charge in [0.2, 0.25) is 0 Å². The summed E-state index contributed by atoms with van der Waals surface area (Å²) >= 11 is 8.04. The highest BCUT2D eigenvalue weighted by atomic mass is 35.5. The molecule has 0 spiro atoms. The molecule has 0 aliphatic carbocycles. The van der Waals surface area contributed by atoms with Gasteiger partial charge in [-0.15, -0.1) is 11.8 Å². The van der Waals surface area contributed by atoms with Gasteiger partial charge in [-0.25, -0.2) is 0 Å². The Morgan fingerprint density at radius 1 is 1.26 bits per heavy atom. The second-order valence-corrected chi connectivity index (χ2v) is 7.56. The Morgan fingerprint density at radius 2 is 1.95 bits per heavy atom. The fraction of sp³-hybridized carbons (Fsp3) is 0.625. The van der Waals surface area contributed by atoms with Crippen LogP contribution in [0.25, 0.3) is 0 Å². The minimum atomic E-state index is 0.405. The number of thioether (sulfide) groups is 1. The van der Waals surface area contributed by atoms with Gasteiger partial charge >= 0.3 is 0 Å². The second kappa shape index (κ2) is 8.18. The Bertz CT molecular complexity index is 373. The number of nitrogens with one attached hydrogen (secondary N) is 1. The van der Waals surface area contributed by atoms with Crippen molar-refractivity contribution in [2.75, 3.05) is 12.3 Å². The van der Waals surface area contributed by atoms with E-state index in [2.05, 4.69) is 39.1 Å². The highest BCUT2D eigenvalue weighted by molar-refractivity contribution is 7.99. The van der Waals surface area contributed by atoms with E-state index in [1.807, 2.05) is 30.0 Å². The predicted octanol–water partition coefficient (Wildman–Crippen LogP) is 5.24. The third-order valence-electron chi connectivity index (χ3n) is 3.01. The zero-order valence-electron chi connectivity index (χ0n) is 12.5. The Kier molecular flexibility index (Phi) is 7.27. The molecule has 1 rings (SSSR count). The molecule has 1 unspecified atom stereocenters. The van der Waals surface area contributed by atoms with Crippen LogP contribution in [-0.2, 0) is 0 Å². The topological polar surface area (TPSA) is 12.0 Å². The van der Waals surface area contributed by atoms with E-state index in [1.54, 1.807) is 0 Å². The first-order valence-electron chi connectivity index (χ1n) is 7.03. The van der Waals surface area contributed by atoms with Gasteiger partial charge in [0.05, 0.1) is 5.02 Å². The van der Waals surface area contributed by atoms with Crippen LogP contribution in [-0.4, -0.2) is 18.3 Å². The summed E-state index contributed by atoms with van der Waals surface area (Å²) in [6.07, 6.45) is 2.46. The first-order chi connectivity index (χ1) is 8.92. The maximum Gasteiger partial charge on any atom is 0.0541 e. The van der Waals surface area contributed by atoms with Gasteiger partial charge in [0.15, 0.2) is 0 Å². The smallest absolute Gasteiger partial charge is 0.0541 e. The average molecular weight is 300 g/mol. The van der Waals surface area contributed by atoms with Crippen molar-refractivity contribution in [3.63, 3.8) is 0 Å². The summed E-state index contributed by atoms with van der Waals surface area (Å²) in [5.74, 6) is 1.08. The van der Waals surface area contributed by atoms with E-state index in [0.717, 1.165) is 17.3 Å². The summed E-state index contributed by atoms with van der Waals surface area (Å²) in [5, 5.41) is 4.44. The van der Waals surface area contributed by atoms with Crippen LogP contribution in [0.15, 0.2) is 29.2 Å². The molecule has 1 atom stereocenters. The van der Waals surface area contributed by atoms with Crippen molar-refractivity contribution in [1.29, 1.82) is 0 Å². The first kappa shape index (κ1) is 16.9. The fourth-order valence-electron chi connectivity index (χ4n) is 1.89. The van der Waals surface area contributed by atoms with Crippen molar-refractivity contribution < 1.29 is 0 Å². The molecule has 1 nitrogen and oxygen atoms in total. The van der Waals surface area contributed by atoms with Gasteiger partial charge in [-0.1, -0.05) is 51.4 Å². The first-order valence-corrected chi connectivity index (χ1v) is 8.39. The number of halogens is 1. The summed E-state index contributed by atoms with van der Waals surface area (Å²) in [5.41, 5.74) is 0.405. The molecule has 0 saturated heterocycles. The molecular formula is C16H26ClNS. The van der Waals surface area contributed by atoms with Crippen LogP contribution in [0.5, 0.6) is 0 Å². The zero-order chi connectivity index (χ0) is 14.3. The summed E-state index contributed by atoms with van der Waals surface area (Å²) < 4.78 is 0. The molecule has 1 aromatic rings. The van der Waals surface area contributed by atoms with Gasteiger partial charge in [-0.05, 0) is 36.9 Å². The van der Waals surface area contributed by atoms with Crippen LogP contribution in [0.2, 0.25) is 5.02 Å². The van der Waals surface area contributed by atoms with Gasteiger partial charge in [0.1, 0.15) is 0 Å². The van der Waals surface area contributed by atoms with Crippen molar-refractivity contribution in [3.05, 3.63) is 29.3 Å². The van der Waals surface area contributed by atoms with Crippen LogP contribution in [0, 0.1) is 5.41 Å². The molecule has 1 N–H and O–H groups in total. The highest BCUT2D eigenvalue weighted by Gasteiger charge is 2.15. The van der Waals surface area contributed by atoms with Crippen molar-refractivity contribution in [1.82, 2.24) is 5.32 Å². The van der Waals surface area contributed by atoms with E-state index in [0.29, 0.717) is 11.5 Å². The van der Waals surface area contributed by atoms with E-state index < -0.39 is 0 Å². The van der Waals surface area contributed by atoms with E-state index >= 15 is 0 Å². The van der Waals surface area contributed by atoms with E-state index in [1.165, 1.54) is 17.7 Å². The Hall–Kier alpha value is -0.180. The van der Waals surface area contributed by atoms with E-state index in [9.17, 15) is 0 Å². The summed E-state index contributed by atoms with van der Waals surface area (Å²) in [7, 11) is 0. The maximum atomic E-state index is 6.19. The molecular weight excluding hydrogens is 274 g/mol. The second-order valence-electron chi connectivity index (χ2n) is 6.10. The third kappa shape index (κ3) is 7.24. The van der Waals surface area contributed by atoms with Crippen molar-refractivity contribution in [2.24, 2.45) is 5.41 Å². The van der Waals surface area contributed by atoms with Gasteiger partial charge < -0.3 is 5.32 Å². The SMILES string of the molecule is CCNC(CCC(C)(C)C)CSc1ccccc1Cl. The highest BCUT2D eigenvalue weighted by Crippen LogP contribution is 2.29. The quantitative estimate of drug-likeness (QED) is 0.691. The Labute approximate surface area is 127 Å². The van der Waals surface area contributed by atoms with Crippen LogP contribution >= 0.6 is 23.4 Å². The molecule has 108 valence electrons. The van der Waals surface area contributed by atoms with Crippen molar-refractivity contribution in [3.8, 4) is 0 Å². The van der Waals surface area contributed by atoms with Crippen LogP contribution < -0.4 is 5.32 Å². The molecule has 0 amide bonds.